The summed E-state index contributed by atoms with van der Waals surface area (Å²) < 4.78 is 5.57. The Morgan fingerprint density at radius 1 is 1.43 bits per heavy atom. The number of amides is 1. The second-order valence-electron chi connectivity index (χ2n) is 5.74. The van der Waals surface area contributed by atoms with Crippen LogP contribution in [-0.2, 0) is 11.3 Å². The SMILES string of the molecule is C=CCNC(=O)COc1ccc(Cl)cc1CNC(C)(C)C. The van der Waals surface area contributed by atoms with Gasteiger partial charge in [-0.25, -0.2) is 0 Å². The number of carbonyl (C=O) groups excluding carboxylic acids is 1. The first-order valence-corrected chi connectivity index (χ1v) is 7.23. The molecular weight excluding hydrogens is 288 g/mol. The van der Waals surface area contributed by atoms with Crippen LogP contribution in [0.2, 0.25) is 5.02 Å². The van der Waals surface area contributed by atoms with Crippen LogP contribution in [0.4, 0.5) is 0 Å². The first-order valence-electron chi connectivity index (χ1n) is 6.85. The van der Waals surface area contributed by atoms with Gasteiger partial charge < -0.3 is 15.4 Å². The fourth-order valence-corrected chi connectivity index (χ4v) is 1.76. The summed E-state index contributed by atoms with van der Waals surface area (Å²) in [5, 5.41) is 6.68. The van der Waals surface area contributed by atoms with Crippen LogP contribution in [0.1, 0.15) is 26.3 Å². The molecule has 0 heterocycles. The zero-order valence-electron chi connectivity index (χ0n) is 12.8. The van der Waals surface area contributed by atoms with Crippen LogP contribution in [-0.4, -0.2) is 24.6 Å². The fourth-order valence-electron chi connectivity index (χ4n) is 1.57. The molecule has 0 fully saturated rings. The summed E-state index contributed by atoms with van der Waals surface area (Å²) in [6.07, 6.45) is 1.62. The highest BCUT2D eigenvalue weighted by Crippen LogP contribution is 2.23. The molecule has 0 aliphatic rings. The molecule has 0 unspecified atom stereocenters. The van der Waals surface area contributed by atoms with E-state index >= 15 is 0 Å². The smallest absolute Gasteiger partial charge is 0.258 e. The fraction of sp³-hybridized carbons (Fsp3) is 0.438. The standard InChI is InChI=1S/C16H23ClN2O2/c1-5-8-18-15(20)11-21-14-7-6-13(17)9-12(14)10-19-16(2,3)4/h5-7,9,19H,1,8,10-11H2,2-4H3,(H,18,20). The van der Waals surface area contributed by atoms with Gasteiger partial charge in [-0.2, -0.15) is 0 Å². The van der Waals surface area contributed by atoms with Crippen molar-refractivity contribution in [3.8, 4) is 5.75 Å². The summed E-state index contributed by atoms with van der Waals surface area (Å²) in [4.78, 5) is 11.5. The molecule has 1 aromatic rings. The summed E-state index contributed by atoms with van der Waals surface area (Å²) in [6.45, 7) is 10.8. The molecule has 0 aromatic heterocycles. The van der Waals surface area contributed by atoms with E-state index in [1.165, 1.54) is 0 Å². The molecule has 0 radical (unpaired) electrons. The van der Waals surface area contributed by atoms with Gasteiger partial charge in [-0.1, -0.05) is 17.7 Å². The van der Waals surface area contributed by atoms with Gasteiger partial charge in [-0.15, -0.1) is 6.58 Å². The van der Waals surface area contributed by atoms with Crippen LogP contribution >= 0.6 is 11.6 Å². The summed E-state index contributed by atoms with van der Waals surface area (Å²) in [7, 11) is 0. The first-order chi connectivity index (χ1) is 9.81. The molecule has 1 aromatic carbocycles. The maximum Gasteiger partial charge on any atom is 0.258 e. The first kappa shape index (κ1) is 17.5. The minimum atomic E-state index is -0.181. The molecule has 116 valence electrons. The highest BCUT2D eigenvalue weighted by Gasteiger charge is 2.12. The van der Waals surface area contributed by atoms with Gasteiger partial charge in [0.1, 0.15) is 5.75 Å². The van der Waals surface area contributed by atoms with Crippen LogP contribution in [0.5, 0.6) is 5.75 Å². The highest BCUT2D eigenvalue weighted by atomic mass is 35.5. The summed E-state index contributed by atoms with van der Waals surface area (Å²) in [6, 6.07) is 5.37. The molecule has 0 aliphatic heterocycles. The minimum Gasteiger partial charge on any atom is -0.483 e. The third kappa shape index (κ3) is 7.16. The van der Waals surface area contributed by atoms with Crippen molar-refractivity contribution in [3.05, 3.63) is 41.4 Å². The molecule has 21 heavy (non-hydrogen) atoms. The molecule has 4 nitrogen and oxygen atoms in total. The van der Waals surface area contributed by atoms with E-state index in [0.29, 0.717) is 23.9 Å². The number of carbonyl (C=O) groups is 1. The van der Waals surface area contributed by atoms with E-state index in [9.17, 15) is 4.79 Å². The maximum atomic E-state index is 11.5. The Morgan fingerprint density at radius 2 is 2.14 bits per heavy atom. The van der Waals surface area contributed by atoms with Crippen LogP contribution in [0.25, 0.3) is 0 Å². The zero-order valence-corrected chi connectivity index (χ0v) is 13.6. The Labute approximate surface area is 131 Å². The Hall–Kier alpha value is -1.52. The second kappa shape index (κ2) is 8.05. The molecule has 0 aliphatic carbocycles. The van der Waals surface area contributed by atoms with Gasteiger partial charge in [0.05, 0.1) is 0 Å². The molecule has 0 bridgehead atoms. The summed E-state index contributed by atoms with van der Waals surface area (Å²) in [5.41, 5.74) is 0.912. The van der Waals surface area contributed by atoms with Gasteiger partial charge in [-0.05, 0) is 39.0 Å². The summed E-state index contributed by atoms with van der Waals surface area (Å²) in [5.74, 6) is 0.476. The number of hydrogen-bond donors (Lipinski definition) is 2. The lowest BCUT2D eigenvalue weighted by molar-refractivity contribution is -0.122. The largest absolute Gasteiger partial charge is 0.483 e. The van der Waals surface area contributed by atoms with Gasteiger partial charge in [0.2, 0.25) is 0 Å². The lowest BCUT2D eigenvalue weighted by Gasteiger charge is -2.21. The van der Waals surface area contributed by atoms with E-state index in [-0.39, 0.29) is 18.1 Å². The third-order valence-corrected chi connectivity index (χ3v) is 2.87. The van der Waals surface area contributed by atoms with Gasteiger partial charge in [0, 0.05) is 29.2 Å². The second-order valence-corrected chi connectivity index (χ2v) is 6.17. The topological polar surface area (TPSA) is 50.4 Å². The van der Waals surface area contributed by atoms with Crippen LogP contribution in [0, 0.1) is 0 Å². The summed E-state index contributed by atoms with van der Waals surface area (Å²) >= 11 is 6.02. The van der Waals surface area contributed by atoms with Crippen molar-refractivity contribution >= 4 is 17.5 Å². The Bertz CT molecular complexity index is 496. The quantitative estimate of drug-likeness (QED) is 0.761. The normalized spacial score (nSPS) is 11.0. The average molecular weight is 311 g/mol. The van der Waals surface area contributed by atoms with Crippen LogP contribution < -0.4 is 15.4 Å². The van der Waals surface area contributed by atoms with E-state index < -0.39 is 0 Å². The molecule has 5 heteroatoms. The van der Waals surface area contributed by atoms with Crippen molar-refractivity contribution in [1.82, 2.24) is 10.6 Å². The van der Waals surface area contributed by atoms with Gasteiger partial charge in [0.15, 0.2) is 6.61 Å². The number of hydrogen-bond acceptors (Lipinski definition) is 3. The molecule has 1 rings (SSSR count). The lowest BCUT2D eigenvalue weighted by atomic mass is 10.1. The minimum absolute atomic E-state index is 0.0130. The number of nitrogens with one attached hydrogen (secondary N) is 2. The highest BCUT2D eigenvalue weighted by molar-refractivity contribution is 6.30. The average Bonchev–Trinajstić information content (AvgIpc) is 2.41. The van der Waals surface area contributed by atoms with Crippen molar-refractivity contribution in [1.29, 1.82) is 0 Å². The van der Waals surface area contributed by atoms with E-state index in [1.54, 1.807) is 18.2 Å². The van der Waals surface area contributed by atoms with Gasteiger partial charge in [-0.3, -0.25) is 4.79 Å². The van der Waals surface area contributed by atoms with Crippen molar-refractivity contribution in [2.24, 2.45) is 0 Å². The molecule has 1 amide bonds. The Kier molecular flexibility index (Phi) is 6.72. The zero-order chi connectivity index (χ0) is 15.9. The van der Waals surface area contributed by atoms with Crippen molar-refractivity contribution in [2.45, 2.75) is 32.9 Å². The molecule has 0 spiro atoms. The molecule has 0 atom stereocenters. The van der Waals surface area contributed by atoms with E-state index in [1.807, 2.05) is 6.07 Å². The lowest BCUT2D eigenvalue weighted by Crippen LogP contribution is -2.35. The molecule has 2 N–H and O–H groups in total. The van der Waals surface area contributed by atoms with E-state index in [2.05, 4.69) is 38.0 Å². The van der Waals surface area contributed by atoms with E-state index in [4.69, 9.17) is 16.3 Å². The van der Waals surface area contributed by atoms with Crippen molar-refractivity contribution in [2.75, 3.05) is 13.2 Å². The number of ether oxygens (including phenoxy) is 1. The molecular formula is C16H23ClN2O2. The third-order valence-electron chi connectivity index (χ3n) is 2.63. The predicted octanol–water partition coefficient (Wildman–Crippen LogP) is 2.91. The van der Waals surface area contributed by atoms with Crippen LogP contribution in [0.15, 0.2) is 30.9 Å². The van der Waals surface area contributed by atoms with Crippen LogP contribution in [0.3, 0.4) is 0 Å². The molecule has 0 saturated heterocycles. The molecule has 0 saturated carbocycles. The Balaban J connectivity index is 2.68. The number of benzene rings is 1. The van der Waals surface area contributed by atoms with Crippen molar-refractivity contribution < 1.29 is 9.53 Å². The maximum absolute atomic E-state index is 11.5. The van der Waals surface area contributed by atoms with E-state index in [0.717, 1.165) is 5.56 Å². The van der Waals surface area contributed by atoms with Crippen molar-refractivity contribution in [3.63, 3.8) is 0 Å². The Morgan fingerprint density at radius 3 is 2.76 bits per heavy atom. The predicted molar refractivity (Wildman–Crippen MR) is 86.7 cm³/mol. The van der Waals surface area contributed by atoms with Gasteiger partial charge >= 0.3 is 0 Å². The van der Waals surface area contributed by atoms with Gasteiger partial charge in [0.25, 0.3) is 5.91 Å². The monoisotopic (exact) mass is 310 g/mol. The number of halogens is 1. The number of rotatable bonds is 7.